The van der Waals surface area contributed by atoms with Crippen LogP contribution in [0.3, 0.4) is 0 Å². The number of hydrogen-bond donors (Lipinski definition) is 0. The Balaban J connectivity index is 2.14. The molecule has 7 heteroatoms. The Morgan fingerprint density at radius 3 is 2.40 bits per heavy atom. The summed E-state index contributed by atoms with van der Waals surface area (Å²) in [6, 6.07) is 11.1. The molecule has 0 aliphatic rings. The van der Waals surface area contributed by atoms with E-state index in [-0.39, 0.29) is 0 Å². The molecule has 1 aromatic heterocycles. The minimum Gasteiger partial charge on any atom is -0.497 e. The molecule has 0 spiro atoms. The van der Waals surface area contributed by atoms with Crippen LogP contribution in [0.5, 0.6) is 23.0 Å². The van der Waals surface area contributed by atoms with Gasteiger partial charge in [-0.3, -0.25) is 0 Å². The topological polar surface area (TPSA) is 49.8 Å². The normalized spacial score (nSPS) is 12.1. The molecule has 3 aromatic rings. The van der Waals surface area contributed by atoms with E-state index in [0.29, 0.717) is 51.2 Å². The molecule has 160 valence electrons. The van der Waals surface area contributed by atoms with Crippen molar-refractivity contribution in [1.29, 1.82) is 0 Å². The molecule has 0 aliphatic carbocycles. The first-order valence-electron chi connectivity index (χ1n) is 9.69. The van der Waals surface area contributed by atoms with E-state index in [4.69, 9.17) is 42.1 Å². The highest BCUT2D eigenvalue weighted by atomic mass is 35.5. The van der Waals surface area contributed by atoms with Crippen LogP contribution in [-0.2, 0) is 4.74 Å². The average Bonchev–Trinajstić information content (AvgIpc) is 2.75. The number of halogens is 2. The van der Waals surface area contributed by atoms with Crippen molar-refractivity contribution in [3.05, 3.63) is 52.1 Å². The third kappa shape index (κ3) is 4.91. The minimum atomic E-state index is 0.293. The molecule has 0 saturated heterocycles. The van der Waals surface area contributed by atoms with E-state index < -0.39 is 0 Å². The third-order valence-electron chi connectivity index (χ3n) is 5.04. The van der Waals surface area contributed by atoms with Crippen LogP contribution in [-0.4, -0.2) is 32.9 Å². The van der Waals surface area contributed by atoms with E-state index in [1.165, 1.54) is 0 Å². The smallest absolute Gasteiger partial charge is 0.169 e. The van der Waals surface area contributed by atoms with Crippen molar-refractivity contribution in [2.45, 2.75) is 25.7 Å². The summed E-state index contributed by atoms with van der Waals surface area (Å²) in [4.78, 5) is 4.48. The number of aromatic nitrogens is 1. The fourth-order valence-electron chi connectivity index (χ4n) is 3.41. The predicted molar refractivity (Wildman–Crippen MR) is 121 cm³/mol. The van der Waals surface area contributed by atoms with Crippen molar-refractivity contribution in [3.63, 3.8) is 0 Å². The molecule has 0 N–H and O–H groups in total. The molecule has 5 nitrogen and oxygen atoms in total. The van der Waals surface area contributed by atoms with E-state index in [0.717, 1.165) is 23.8 Å². The van der Waals surface area contributed by atoms with Gasteiger partial charge in [-0.2, -0.15) is 0 Å². The maximum absolute atomic E-state index is 6.51. The average molecular weight is 450 g/mol. The number of rotatable bonds is 9. The lowest BCUT2D eigenvalue weighted by molar-refractivity contribution is 0.187. The largest absolute Gasteiger partial charge is 0.497 e. The van der Waals surface area contributed by atoms with Gasteiger partial charge in [0.25, 0.3) is 0 Å². The highest BCUT2D eigenvalue weighted by Crippen LogP contribution is 2.41. The van der Waals surface area contributed by atoms with Gasteiger partial charge in [-0.05, 0) is 54.7 Å². The molecule has 0 bridgehead atoms. The molecule has 1 atom stereocenters. The zero-order valence-corrected chi connectivity index (χ0v) is 19.0. The highest BCUT2D eigenvalue weighted by molar-refractivity contribution is 6.38. The van der Waals surface area contributed by atoms with Crippen LogP contribution in [0.25, 0.3) is 10.9 Å². The highest BCUT2D eigenvalue weighted by Gasteiger charge is 2.18. The van der Waals surface area contributed by atoms with Crippen LogP contribution in [0.1, 0.15) is 31.2 Å². The van der Waals surface area contributed by atoms with Crippen molar-refractivity contribution in [1.82, 2.24) is 4.98 Å². The Hall–Kier alpha value is -2.21. The number of ether oxygens (including phenoxy) is 4. The minimum absolute atomic E-state index is 0.293. The van der Waals surface area contributed by atoms with Gasteiger partial charge in [0.2, 0.25) is 0 Å². The van der Waals surface area contributed by atoms with Crippen molar-refractivity contribution in [3.8, 4) is 23.0 Å². The van der Waals surface area contributed by atoms with Gasteiger partial charge in [0.15, 0.2) is 17.2 Å². The lowest BCUT2D eigenvalue weighted by Crippen LogP contribution is -2.03. The van der Waals surface area contributed by atoms with Crippen molar-refractivity contribution < 1.29 is 18.9 Å². The van der Waals surface area contributed by atoms with Gasteiger partial charge in [-0.15, -0.1) is 0 Å². The Kier molecular flexibility index (Phi) is 7.64. The second-order valence-corrected chi connectivity index (χ2v) is 7.64. The van der Waals surface area contributed by atoms with E-state index in [1.807, 2.05) is 12.1 Å². The van der Waals surface area contributed by atoms with Gasteiger partial charge in [0.05, 0.1) is 19.2 Å². The summed E-state index contributed by atoms with van der Waals surface area (Å²) in [5.74, 6) is 2.62. The number of nitrogens with zero attached hydrogens (tertiary/aromatic N) is 1. The zero-order chi connectivity index (χ0) is 21.7. The van der Waals surface area contributed by atoms with Crippen LogP contribution < -0.4 is 14.2 Å². The summed E-state index contributed by atoms with van der Waals surface area (Å²) in [7, 11) is 4.89. The molecule has 2 aromatic carbocycles. The van der Waals surface area contributed by atoms with Crippen LogP contribution in [0.15, 0.2) is 36.4 Å². The molecular weight excluding hydrogens is 425 g/mol. The molecule has 0 aliphatic heterocycles. The Labute approximate surface area is 186 Å². The van der Waals surface area contributed by atoms with Gasteiger partial charge in [-0.25, -0.2) is 4.98 Å². The lowest BCUT2D eigenvalue weighted by atomic mass is 9.92. The van der Waals surface area contributed by atoms with Gasteiger partial charge in [-0.1, -0.05) is 30.1 Å². The molecule has 0 saturated carbocycles. The van der Waals surface area contributed by atoms with Crippen LogP contribution in [0, 0.1) is 0 Å². The maximum Gasteiger partial charge on any atom is 0.169 e. The van der Waals surface area contributed by atoms with E-state index >= 15 is 0 Å². The second kappa shape index (κ2) is 10.2. The van der Waals surface area contributed by atoms with Crippen LogP contribution >= 0.6 is 23.2 Å². The maximum atomic E-state index is 6.51. The molecule has 0 radical (unpaired) electrons. The van der Waals surface area contributed by atoms with Crippen LogP contribution in [0.2, 0.25) is 10.2 Å². The van der Waals surface area contributed by atoms with Crippen molar-refractivity contribution >= 4 is 34.1 Å². The van der Waals surface area contributed by atoms with Gasteiger partial charge < -0.3 is 18.9 Å². The van der Waals surface area contributed by atoms with E-state index in [9.17, 15) is 0 Å². The summed E-state index contributed by atoms with van der Waals surface area (Å²) >= 11 is 12.7. The molecule has 0 fully saturated rings. The third-order valence-corrected chi connectivity index (χ3v) is 5.55. The Bertz CT molecular complexity index is 1030. The van der Waals surface area contributed by atoms with E-state index in [1.54, 1.807) is 39.5 Å². The predicted octanol–water partition coefficient (Wildman–Crippen LogP) is 6.88. The number of pyridine rings is 1. The molecule has 0 amide bonds. The Morgan fingerprint density at radius 2 is 1.73 bits per heavy atom. The van der Waals surface area contributed by atoms with Crippen molar-refractivity contribution in [2.75, 3.05) is 27.9 Å². The molecule has 1 heterocycles. The fourth-order valence-corrected chi connectivity index (χ4v) is 3.90. The summed E-state index contributed by atoms with van der Waals surface area (Å²) in [5.41, 5.74) is 1.70. The monoisotopic (exact) mass is 449 g/mol. The molecule has 3 rings (SSSR count). The number of methoxy groups -OCH3 is 3. The first kappa shape index (κ1) is 22.5. The lowest BCUT2D eigenvalue weighted by Gasteiger charge is -2.19. The first-order chi connectivity index (χ1) is 14.5. The molecule has 1 unspecified atom stereocenters. The van der Waals surface area contributed by atoms with Gasteiger partial charge in [0.1, 0.15) is 16.4 Å². The standard InChI is InChI=1S/C23H25Cl2NO4/c1-5-14(8-9-27-2)15-10-17-18(24)13-22(25)26-23(17)21(11-15)30-19-7-6-16(28-3)12-20(19)29-4/h6-7,10-14H,5,8-9H2,1-4H3. The summed E-state index contributed by atoms with van der Waals surface area (Å²) in [5, 5.41) is 1.62. The molecule has 30 heavy (non-hydrogen) atoms. The molecular formula is C23H25Cl2NO4. The summed E-state index contributed by atoms with van der Waals surface area (Å²) in [6.45, 7) is 2.82. The Morgan fingerprint density at radius 1 is 0.933 bits per heavy atom. The SMILES string of the molecule is CCC(CCOC)c1cc(Oc2ccc(OC)cc2OC)c2nc(Cl)cc(Cl)c2c1. The zero-order valence-electron chi connectivity index (χ0n) is 17.5. The number of hydrogen-bond acceptors (Lipinski definition) is 5. The number of benzene rings is 2. The summed E-state index contributed by atoms with van der Waals surface area (Å²) < 4.78 is 22.3. The van der Waals surface area contributed by atoms with Gasteiger partial charge in [0, 0.05) is 25.2 Å². The second-order valence-electron chi connectivity index (χ2n) is 6.85. The number of fused-ring (bicyclic) bond motifs is 1. The van der Waals surface area contributed by atoms with Crippen molar-refractivity contribution in [2.24, 2.45) is 0 Å². The quantitative estimate of drug-likeness (QED) is 0.333. The van der Waals surface area contributed by atoms with Gasteiger partial charge >= 0.3 is 0 Å². The van der Waals surface area contributed by atoms with Crippen LogP contribution in [0.4, 0.5) is 0 Å². The fraction of sp³-hybridized carbons (Fsp3) is 0.348. The first-order valence-corrected chi connectivity index (χ1v) is 10.4. The van der Waals surface area contributed by atoms with E-state index in [2.05, 4.69) is 18.0 Å². The summed E-state index contributed by atoms with van der Waals surface area (Å²) in [6.07, 6.45) is 1.85.